The Balaban J connectivity index is 1.41. The van der Waals surface area contributed by atoms with Crippen molar-refractivity contribution in [2.75, 3.05) is 19.4 Å². The number of methoxy groups -OCH3 is 1. The van der Waals surface area contributed by atoms with Crippen LogP contribution in [-0.2, 0) is 4.79 Å². The minimum Gasteiger partial charge on any atom is -0.497 e. The summed E-state index contributed by atoms with van der Waals surface area (Å²) in [6, 6.07) is 16.5. The molecule has 1 amide bonds. The first-order valence-corrected chi connectivity index (χ1v) is 13.2. The molecule has 0 unspecified atom stereocenters. The summed E-state index contributed by atoms with van der Waals surface area (Å²) in [4.78, 5) is 15.5. The number of hydrogen-bond donors (Lipinski definition) is 0. The molecule has 2 atom stereocenters. The Hall–Kier alpha value is -2.80. The molecule has 1 aromatic heterocycles. The van der Waals surface area contributed by atoms with Crippen LogP contribution < -0.4 is 4.74 Å². The molecule has 6 nitrogen and oxygen atoms in total. The van der Waals surface area contributed by atoms with Crippen molar-refractivity contribution in [1.82, 2.24) is 19.7 Å². The number of thioether (sulfide) groups is 1. The Kier molecular flexibility index (Phi) is 6.16. The average Bonchev–Trinajstić information content (AvgIpc) is 3.34. The molecule has 3 aromatic rings. The second-order valence-corrected chi connectivity index (χ2v) is 12.2. The molecule has 35 heavy (non-hydrogen) atoms. The molecule has 1 aliphatic carbocycles. The number of carbonyl (C=O) groups excluding carboxylic acids is 1. The van der Waals surface area contributed by atoms with E-state index < -0.39 is 0 Å². The van der Waals surface area contributed by atoms with Crippen molar-refractivity contribution in [1.29, 1.82) is 0 Å². The third kappa shape index (κ3) is 4.83. The largest absolute Gasteiger partial charge is 0.497 e. The van der Waals surface area contributed by atoms with Gasteiger partial charge in [-0.25, -0.2) is 0 Å². The van der Waals surface area contributed by atoms with E-state index in [4.69, 9.17) is 4.74 Å². The molecular formula is C28H34N4O2S. The van der Waals surface area contributed by atoms with Crippen molar-refractivity contribution < 1.29 is 9.53 Å². The van der Waals surface area contributed by atoms with Gasteiger partial charge < -0.3 is 9.64 Å². The van der Waals surface area contributed by atoms with Gasteiger partial charge in [-0.3, -0.25) is 9.36 Å². The van der Waals surface area contributed by atoms with Gasteiger partial charge in [0.2, 0.25) is 5.91 Å². The van der Waals surface area contributed by atoms with Gasteiger partial charge in [0.15, 0.2) is 11.0 Å². The summed E-state index contributed by atoms with van der Waals surface area (Å²) < 4.78 is 7.39. The quantitative estimate of drug-likeness (QED) is 0.411. The molecule has 184 valence electrons. The first-order valence-electron chi connectivity index (χ1n) is 12.3. The number of carbonyl (C=O) groups is 1. The van der Waals surface area contributed by atoms with Crippen LogP contribution in [0.25, 0.3) is 17.1 Å². The van der Waals surface area contributed by atoms with Crippen LogP contribution in [0, 0.1) is 17.8 Å². The number of ether oxygens (including phenoxy) is 1. The Labute approximate surface area is 212 Å². The molecule has 0 spiro atoms. The smallest absolute Gasteiger partial charge is 0.233 e. The summed E-state index contributed by atoms with van der Waals surface area (Å²) in [6.45, 7) is 9.95. The fourth-order valence-electron chi connectivity index (χ4n) is 6.26. The van der Waals surface area contributed by atoms with Crippen molar-refractivity contribution in [3.05, 3.63) is 54.1 Å². The van der Waals surface area contributed by atoms with Gasteiger partial charge in [0, 0.05) is 23.8 Å². The lowest BCUT2D eigenvalue weighted by Crippen LogP contribution is -2.38. The Morgan fingerprint density at radius 2 is 1.89 bits per heavy atom. The molecule has 1 aliphatic heterocycles. The lowest BCUT2D eigenvalue weighted by Gasteiger charge is -2.39. The molecule has 0 radical (unpaired) electrons. The number of likely N-dealkylation sites (tertiary alicyclic amines) is 1. The standard InChI is InChI=1S/C28H34N4O2S/c1-19-7-6-8-20(13-19)25-29-30-26(32(25)21-9-11-23(34-5)12-10-21)35-16-24(33)31-18-28(4)15-22(31)14-27(2,3)17-28/h6-13,22H,14-18H2,1-5H3/t22-,28+/m0/s1. The van der Waals surface area contributed by atoms with Gasteiger partial charge in [-0.2, -0.15) is 0 Å². The van der Waals surface area contributed by atoms with Gasteiger partial charge in [0.25, 0.3) is 0 Å². The summed E-state index contributed by atoms with van der Waals surface area (Å²) in [5, 5.41) is 9.77. The van der Waals surface area contributed by atoms with Crippen LogP contribution in [0.15, 0.2) is 53.7 Å². The highest BCUT2D eigenvalue weighted by Gasteiger charge is 2.50. The maximum atomic E-state index is 13.4. The number of aryl methyl sites for hydroxylation is 1. The maximum Gasteiger partial charge on any atom is 0.233 e. The summed E-state index contributed by atoms with van der Waals surface area (Å²) in [5.41, 5.74) is 3.61. The number of amides is 1. The second-order valence-electron chi connectivity index (χ2n) is 11.2. The molecule has 7 heteroatoms. The Morgan fingerprint density at radius 1 is 1.11 bits per heavy atom. The Morgan fingerprint density at radius 3 is 2.60 bits per heavy atom. The van der Waals surface area contributed by atoms with Crippen LogP contribution in [-0.4, -0.2) is 51.0 Å². The van der Waals surface area contributed by atoms with Crippen LogP contribution in [0.5, 0.6) is 5.75 Å². The number of hydrogen-bond acceptors (Lipinski definition) is 5. The highest BCUT2D eigenvalue weighted by molar-refractivity contribution is 7.99. The normalized spacial score (nSPS) is 22.9. The Bertz CT molecular complexity index is 1240. The van der Waals surface area contributed by atoms with E-state index in [1.54, 1.807) is 7.11 Å². The fourth-order valence-corrected chi connectivity index (χ4v) is 7.10. The van der Waals surface area contributed by atoms with E-state index in [0.29, 0.717) is 17.0 Å². The molecular weight excluding hydrogens is 456 g/mol. The minimum atomic E-state index is 0.197. The summed E-state index contributed by atoms with van der Waals surface area (Å²) in [5.74, 6) is 2.11. The lowest BCUT2D eigenvalue weighted by molar-refractivity contribution is -0.129. The van der Waals surface area contributed by atoms with Crippen LogP contribution in [0.1, 0.15) is 45.6 Å². The predicted octanol–water partition coefficient (Wildman–Crippen LogP) is 5.77. The van der Waals surface area contributed by atoms with Gasteiger partial charge in [-0.1, -0.05) is 56.3 Å². The third-order valence-corrected chi connectivity index (χ3v) is 8.21. The van der Waals surface area contributed by atoms with Gasteiger partial charge in [-0.15, -0.1) is 10.2 Å². The topological polar surface area (TPSA) is 60.2 Å². The molecule has 2 aliphatic rings. The molecule has 2 aromatic carbocycles. The van der Waals surface area contributed by atoms with Gasteiger partial charge >= 0.3 is 0 Å². The summed E-state index contributed by atoms with van der Waals surface area (Å²) >= 11 is 1.47. The summed E-state index contributed by atoms with van der Waals surface area (Å²) in [7, 11) is 1.66. The molecule has 2 bridgehead atoms. The molecule has 1 saturated heterocycles. The highest BCUT2D eigenvalue weighted by Crippen LogP contribution is 2.52. The van der Waals surface area contributed by atoms with E-state index >= 15 is 0 Å². The maximum absolute atomic E-state index is 13.4. The van der Waals surface area contributed by atoms with Crippen LogP contribution in [0.3, 0.4) is 0 Å². The zero-order valence-corrected chi connectivity index (χ0v) is 22.1. The van der Waals surface area contributed by atoms with Crippen LogP contribution in [0.2, 0.25) is 0 Å². The third-order valence-electron chi connectivity index (χ3n) is 7.30. The monoisotopic (exact) mass is 490 g/mol. The minimum absolute atomic E-state index is 0.197. The number of nitrogens with zero attached hydrogens (tertiary/aromatic N) is 4. The van der Waals surface area contributed by atoms with E-state index in [1.807, 2.05) is 41.0 Å². The second kappa shape index (κ2) is 9.01. The van der Waals surface area contributed by atoms with Crippen molar-refractivity contribution in [2.24, 2.45) is 10.8 Å². The van der Waals surface area contributed by atoms with E-state index in [2.05, 4.69) is 54.9 Å². The zero-order chi connectivity index (χ0) is 24.8. The van der Waals surface area contributed by atoms with E-state index in [9.17, 15) is 4.79 Å². The number of benzene rings is 2. The fraction of sp³-hybridized carbons (Fsp3) is 0.464. The zero-order valence-electron chi connectivity index (χ0n) is 21.2. The van der Waals surface area contributed by atoms with Crippen LogP contribution in [0.4, 0.5) is 0 Å². The molecule has 2 heterocycles. The lowest BCUT2D eigenvalue weighted by atomic mass is 9.65. The van der Waals surface area contributed by atoms with Crippen molar-refractivity contribution >= 4 is 17.7 Å². The molecule has 1 saturated carbocycles. The number of aromatic nitrogens is 3. The van der Waals surface area contributed by atoms with Gasteiger partial charge in [0.1, 0.15) is 5.75 Å². The SMILES string of the molecule is COc1ccc(-n2c(SCC(=O)N3C[C@]4(C)C[C@@H]3CC(C)(C)C4)nnc2-c2cccc(C)c2)cc1. The first-order chi connectivity index (χ1) is 16.7. The average molecular weight is 491 g/mol. The number of fused-ring (bicyclic) bond motifs is 2. The van der Waals surface area contributed by atoms with Crippen molar-refractivity contribution in [2.45, 2.75) is 58.2 Å². The highest BCUT2D eigenvalue weighted by atomic mass is 32.2. The predicted molar refractivity (Wildman–Crippen MR) is 140 cm³/mol. The van der Waals surface area contributed by atoms with E-state index in [-0.39, 0.29) is 16.7 Å². The van der Waals surface area contributed by atoms with Gasteiger partial charge in [0.05, 0.1) is 12.9 Å². The summed E-state index contributed by atoms with van der Waals surface area (Å²) in [6.07, 6.45) is 3.38. The van der Waals surface area contributed by atoms with E-state index in [0.717, 1.165) is 47.8 Å². The molecule has 0 N–H and O–H groups in total. The van der Waals surface area contributed by atoms with Gasteiger partial charge in [-0.05, 0) is 67.3 Å². The molecule has 2 fully saturated rings. The van der Waals surface area contributed by atoms with Crippen molar-refractivity contribution in [3.8, 4) is 22.8 Å². The number of rotatable bonds is 6. The van der Waals surface area contributed by atoms with Crippen LogP contribution >= 0.6 is 11.8 Å². The van der Waals surface area contributed by atoms with Crippen molar-refractivity contribution in [3.63, 3.8) is 0 Å². The van der Waals surface area contributed by atoms with E-state index in [1.165, 1.54) is 18.2 Å². The molecule has 5 rings (SSSR count). The first kappa shape index (κ1) is 23.9.